The highest BCUT2D eigenvalue weighted by Crippen LogP contribution is 2.31. The van der Waals surface area contributed by atoms with Crippen LogP contribution in [0.4, 0.5) is 18.9 Å². The molecule has 5 nitrogen and oxygen atoms in total. The molecule has 1 unspecified atom stereocenters. The molecule has 190 valence electrons. The smallest absolute Gasteiger partial charge is 0.393 e. The first-order valence-electron chi connectivity index (χ1n) is 11.8. The Balaban J connectivity index is 1.44. The van der Waals surface area contributed by atoms with Crippen LogP contribution in [-0.4, -0.2) is 26.7 Å². The van der Waals surface area contributed by atoms with Gasteiger partial charge in [-0.05, 0) is 65.9 Å². The zero-order chi connectivity index (χ0) is 26.2. The molecule has 2 N–H and O–H groups in total. The van der Waals surface area contributed by atoms with E-state index >= 15 is 0 Å². The van der Waals surface area contributed by atoms with E-state index in [9.17, 15) is 23.1 Å². The first-order valence-corrected chi connectivity index (χ1v) is 12.1. The monoisotopic (exact) mass is 525 g/mol. The lowest BCUT2D eigenvalue weighted by Gasteiger charge is -2.23. The Morgan fingerprint density at radius 3 is 2.81 bits per heavy atom. The second kappa shape index (κ2) is 10.0. The van der Waals surface area contributed by atoms with Gasteiger partial charge in [0.15, 0.2) is 0 Å². The van der Waals surface area contributed by atoms with Gasteiger partial charge in [0.05, 0.1) is 23.4 Å². The van der Waals surface area contributed by atoms with Crippen molar-refractivity contribution in [3.05, 3.63) is 100.0 Å². The average Bonchev–Trinajstić information content (AvgIpc) is 3.19. The van der Waals surface area contributed by atoms with Crippen LogP contribution in [0, 0.1) is 0 Å². The van der Waals surface area contributed by atoms with Crippen LogP contribution in [0.15, 0.2) is 66.9 Å². The van der Waals surface area contributed by atoms with Crippen molar-refractivity contribution in [3.63, 3.8) is 0 Å². The van der Waals surface area contributed by atoms with E-state index in [1.807, 2.05) is 12.1 Å². The van der Waals surface area contributed by atoms with E-state index in [4.69, 9.17) is 11.6 Å². The maximum Gasteiger partial charge on any atom is 0.416 e. The number of aryl methyl sites for hydroxylation is 1. The van der Waals surface area contributed by atoms with Gasteiger partial charge in [-0.15, -0.1) is 0 Å². The van der Waals surface area contributed by atoms with Gasteiger partial charge >= 0.3 is 6.18 Å². The SMILES string of the molecule is O=C(/C=C/c1cc2cc(Cl)ncc2n1Cc1cccc(C(F)(F)F)c1)Nc1cccc2c1CC(O)CC2. The van der Waals surface area contributed by atoms with Gasteiger partial charge in [0, 0.05) is 35.8 Å². The highest BCUT2D eigenvalue weighted by atomic mass is 35.5. The maximum atomic E-state index is 13.2. The fraction of sp³-hybridized carbons (Fsp3) is 0.214. The summed E-state index contributed by atoms with van der Waals surface area (Å²) in [6.45, 7) is 0.141. The molecule has 0 radical (unpaired) electrons. The van der Waals surface area contributed by atoms with E-state index in [0.717, 1.165) is 35.1 Å². The van der Waals surface area contributed by atoms with Crippen molar-refractivity contribution in [2.45, 2.75) is 38.1 Å². The number of fused-ring (bicyclic) bond motifs is 2. The highest BCUT2D eigenvalue weighted by molar-refractivity contribution is 6.30. The lowest BCUT2D eigenvalue weighted by atomic mass is 9.88. The summed E-state index contributed by atoms with van der Waals surface area (Å²) < 4.78 is 41.5. The normalized spacial score (nSPS) is 15.8. The Morgan fingerprint density at radius 1 is 1.19 bits per heavy atom. The predicted octanol–water partition coefficient (Wildman–Crippen LogP) is 6.26. The molecule has 0 aliphatic heterocycles. The summed E-state index contributed by atoms with van der Waals surface area (Å²) in [7, 11) is 0. The molecule has 1 aliphatic rings. The number of nitrogens with one attached hydrogen (secondary N) is 1. The largest absolute Gasteiger partial charge is 0.416 e. The zero-order valence-electron chi connectivity index (χ0n) is 19.6. The molecule has 0 saturated heterocycles. The van der Waals surface area contributed by atoms with E-state index in [1.54, 1.807) is 41.1 Å². The Bertz CT molecular complexity index is 1510. The van der Waals surface area contributed by atoms with Crippen LogP contribution in [0.3, 0.4) is 0 Å². The van der Waals surface area contributed by atoms with Gasteiger partial charge < -0.3 is 15.0 Å². The fourth-order valence-electron chi connectivity index (χ4n) is 4.72. The van der Waals surface area contributed by atoms with E-state index in [2.05, 4.69) is 10.3 Å². The standard InChI is InChI=1S/C28H23ClF3N3O2/c29-26-13-19-12-21(8-10-27(37)34-24-6-2-4-18-7-9-22(36)14-23(18)24)35(25(19)15-33-26)16-17-3-1-5-20(11-17)28(30,31)32/h1-6,8,10-13,15,22,36H,7,9,14,16H2,(H,34,37)/b10-8+. The minimum Gasteiger partial charge on any atom is -0.393 e. The van der Waals surface area contributed by atoms with Crippen molar-refractivity contribution < 1.29 is 23.1 Å². The number of carbonyl (C=O) groups excluding carboxylic acids is 1. The van der Waals surface area contributed by atoms with E-state index < -0.39 is 17.8 Å². The lowest BCUT2D eigenvalue weighted by Crippen LogP contribution is -2.21. The van der Waals surface area contributed by atoms with Crippen molar-refractivity contribution in [1.82, 2.24) is 9.55 Å². The first kappa shape index (κ1) is 25.0. The number of hydrogen-bond donors (Lipinski definition) is 2. The van der Waals surface area contributed by atoms with Gasteiger partial charge in [-0.1, -0.05) is 35.9 Å². The lowest BCUT2D eigenvalue weighted by molar-refractivity contribution is -0.137. The summed E-state index contributed by atoms with van der Waals surface area (Å²) in [5, 5.41) is 14.0. The van der Waals surface area contributed by atoms with Crippen LogP contribution in [-0.2, 0) is 30.4 Å². The Hall–Kier alpha value is -3.62. The average molecular weight is 526 g/mol. The minimum absolute atomic E-state index is 0.141. The van der Waals surface area contributed by atoms with Gasteiger partial charge in [0.25, 0.3) is 0 Å². The Morgan fingerprint density at radius 2 is 2.00 bits per heavy atom. The molecule has 37 heavy (non-hydrogen) atoms. The van der Waals surface area contributed by atoms with Crippen LogP contribution in [0.25, 0.3) is 17.0 Å². The quantitative estimate of drug-likeness (QED) is 0.239. The molecule has 0 bridgehead atoms. The third-order valence-electron chi connectivity index (χ3n) is 6.50. The minimum atomic E-state index is -4.45. The van der Waals surface area contributed by atoms with Crippen molar-refractivity contribution >= 4 is 40.2 Å². The number of anilines is 1. The van der Waals surface area contributed by atoms with Crippen molar-refractivity contribution in [3.8, 4) is 0 Å². The number of pyridine rings is 1. The molecule has 9 heteroatoms. The highest BCUT2D eigenvalue weighted by Gasteiger charge is 2.30. The van der Waals surface area contributed by atoms with Crippen LogP contribution in [0.2, 0.25) is 5.15 Å². The molecule has 1 atom stereocenters. The summed E-state index contributed by atoms with van der Waals surface area (Å²) in [4.78, 5) is 16.9. The number of benzene rings is 2. The van der Waals surface area contributed by atoms with E-state index in [-0.39, 0.29) is 17.6 Å². The number of nitrogens with zero attached hydrogens (tertiary/aromatic N) is 2. The number of halogens is 4. The number of rotatable bonds is 5. The van der Waals surface area contributed by atoms with E-state index in [0.29, 0.717) is 35.3 Å². The van der Waals surface area contributed by atoms with Crippen molar-refractivity contribution in [2.24, 2.45) is 0 Å². The molecular formula is C28H23ClF3N3O2. The Labute approximate surface area is 216 Å². The molecule has 0 spiro atoms. The molecule has 0 fully saturated rings. The molecule has 2 aromatic heterocycles. The molecular weight excluding hydrogens is 503 g/mol. The first-order chi connectivity index (χ1) is 17.7. The summed E-state index contributed by atoms with van der Waals surface area (Å²) in [6, 6.07) is 14.3. The molecule has 5 rings (SSSR count). The number of carbonyl (C=O) groups is 1. The van der Waals surface area contributed by atoms with Crippen LogP contribution in [0.1, 0.15) is 34.4 Å². The van der Waals surface area contributed by atoms with Gasteiger partial charge in [-0.3, -0.25) is 4.79 Å². The number of aromatic nitrogens is 2. The molecule has 0 saturated carbocycles. The fourth-order valence-corrected chi connectivity index (χ4v) is 4.89. The maximum absolute atomic E-state index is 13.2. The third kappa shape index (κ3) is 5.55. The molecule has 1 amide bonds. The van der Waals surface area contributed by atoms with Crippen LogP contribution in [0.5, 0.6) is 0 Å². The third-order valence-corrected chi connectivity index (χ3v) is 6.71. The number of alkyl halides is 3. The predicted molar refractivity (Wildman–Crippen MR) is 137 cm³/mol. The number of aliphatic hydroxyl groups is 1. The second-order valence-electron chi connectivity index (χ2n) is 9.08. The molecule has 2 aromatic carbocycles. The van der Waals surface area contributed by atoms with Gasteiger partial charge in [0.2, 0.25) is 5.91 Å². The van der Waals surface area contributed by atoms with Crippen LogP contribution < -0.4 is 5.32 Å². The molecule has 2 heterocycles. The summed E-state index contributed by atoms with van der Waals surface area (Å²) >= 11 is 6.05. The van der Waals surface area contributed by atoms with Gasteiger partial charge in [-0.25, -0.2) is 4.98 Å². The summed E-state index contributed by atoms with van der Waals surface area (Å²) in [6.07, 6.45) is 1.59. The second-order valence-corrected chi connectivity index (χ2v) is 9.47. The molecule has 4 aromatic rings. The van der Waals surface area contributed by atoms with Gasteiger partial charge in [0.1, 0.15) is 5.15 Å². The number of hydrogen-bond acceptors (Lipinski definition) is 3. The molecule has 1 aliphatic carbocycles. The van der Waals surface area contributed by atoms with E-state index in [1.165, 1.54) is 12.1 Å². The topological polar surface area (TPSA) is 67.2 Å². The number of amides is 1. The number of aliphatic hydroxyl groups excluding tert-OH is 1. The van der Waals surface area contributed by atoms with Crippen LogP contribution >= 0.6 is 11.6 Å². The summed E-state index contributed by atoms with van der Waals surface area (Å²) in [5.41, 5.74) is 3.71. The summed E-state index contributed by atoms with van der Waals surface area (Å²) in [5.74, 6) is -0.361. The zero-order valence-corrected chi connectivity index (χ0v) is 20.4. The van der Waals surface area contributed by atoms with Crippen molar-refractivity contribution in [1.29, 1.82) is 0 Å². The van der Waals surface area contributed by atoms with Gasteiger partial charge in [-0.2, -0.15) is 13.2 Å². The van der Waals surface area contributed by atoms with Crippen molar-refractivity contribution in [2.75, 3.05) is 5.32 Å². The Kier molecular flexibility index (Phi) is 6.79.